The summed E-state index contributed by atoms with van der Waals surface area (Å²) in [5.41, 5.74) is 0.974. The van der Waals surface area contributed by atoms with E-state index in [1.54, 1.807) is 29.5 Å². The minimum absolute atomic E-state index is 0.269. The van der Waals surface area contributed by atoms with Gasteiger partial charge in [0, 0.05) is 17.0 Å². The fraction of sp³-hybridized carbons (Fsp3) is 0.438. The molecule has 0 radical (unpaired) electrons. The number of aromatic nitrogens is 1. The Morgan fingerprint density at radius 1 is 1.33 bits per heavy atom. The van der Waals surface area contributed by atoms with Crippen molar-refractivity contribution in [2.45, 2.75) is 39.3 Å². The summed E-state index contributed by atoms with van der Waals surface area (Å²) in [6.45, 7) is 8.32. The zero-order valence-electron chi connectivity index (χ0n) is 12.8. The van der Waals surface area contributed by atoms with Gasteiger partial charge in [0.2, 0.25) is 0 Å². The molecule has 0 aliphatic heterocycles. The number of thiazole rings is 1. The molecule has 0 aliphatic carbocycles. The number of hydrogen-bond donors (Lipinski definition) is 2. The fourth-order valence-electron chi connectivity index (χ4n) is 2.02. The van der Waals surface area contributed by atoms with Crippen molar-refractivity contribution in [1.82, 2.24) is 10.3 Å². The van der Waals surface area contributed by atoms with Crippen LogP contribution in [-0.2, 0) is 5.54 Å². The first-order valence-electron chi connectivity index (χ1n) is 6.93. The highest BCUT2D eigenvalue weighted by Crippen LogP contribution is 2.28. The lowest BCUT2D eigenvalue weighted by Crippen LogP contribution is -2.39. The van der Waals surface area contributed by atoms with Crippen LogP contribution in [0.25, 0.3) is 0 Å². The molecule has 2 rings (SSSR count). The molecule has 0 spiro atoms. The lowest BCUT2D eigenvalue weighted by Gasteiger charge is -2.26. The molecule has 1 aromatic carbocycles. The van der Waals surface area contributed by atoms with E-state index in [-0.39, 0.29) is 17.9 Å². The third-order valence-corrected chi connectivity index (χ3v) is 4.96. The van der Waals surface area contributed by atoms with Crippen molar-refractivity contribution in [3.05, 3.63) is 51.2 Å². The van der Waals surface area contributed by atoms with Crippen molar-refractivity contribution in [3.8, 4) is 0 Å². The third kappa shape index (κ3) is 3.67. The van der Waals surface area contributed by atoms with E-state index in [1.165, 1.54) is 10.9 Å². The number of nitrogens with one attached hydrogen (secondary N) is 1. The fourth-order valence-corrected chi connectivity index (χ4v) is 3.02. The minimum atomic E-state index is -0.882. The minimum Gasteiger partial charge on any atom is -0.387 e. The second-order valence-electron chi connectivity index (χ2n) is 5.70. The average molecular weight is 308 g/mol. The van der Waals surface area contributed by atoms with E-state index < -0.39 is 6.10 Å². The molecule has 0 fully saturated rings. The highest BCUT2D eigenvalue weighted by molar-refractivity contribution is 7.11. The maximum atomic E-state index is 13.6. The molecule has 0 aliphatic rings. The smallest absolute Gasteiger partial charge is 0.129 e. The molecule has 0 saturated heterocycles. The van der Waals surface area contributed by atoms with E-state index in [0.29, 0.717) is 5.56 Å². The van der Waals surface area contributed by atoms with Gasteiger partial charge in [0.25, 0.3) is 0 Å². The van der Waals surface area contributed by atoms with Crippen LogP contribution in [0.2, 0.25) is 0 Å². The van der Waals surface area contributed by atoms with Crippen molar-refractivity contribution >= 4 is 11.3 Å². The van der Waals surface area contributed by atoms with Crippen LogP contribution < -0.4 is 5.32 Å². The second-order valence-corrected chi connectivity index (χ2v) is 6.91. The first kappa shape index (κ1) is 16.1. The van der Waals surface area contributed by atoms with Gasteiger partial charge in [-0.3, -0.25) is 0 Å². The number of aliphatic hydroxyl groups is 1. The highest BCUT2D eigenvalue weighted by Gasteiger charge is 2.26. The summed E-state index contributed by atoms with van der Waals surface area (Å²) in [4.78, 5) is 5.74. The predicted octanol–water partition coefficient (Wildman–Crippen LogP) is 3.46. The number of hydrogen-bond acceptors (Lipinski definition) is 4. The Morgan fingerprint density at radius 2 is 2.00 bits per heavy atom. The Morgan fingerprint density at radius 3 is 2.57 bits per heavy atom. The lowest BCUT2D eigenvalue weighted by molar-refractivity contribution is 0.156. The first-order chi connectivity index (χ1) is 9.81. The van der Waals surface area contributed by atoms with Crippen LogP contribution in [0, 0.1) is 19.7 Å². The van der Waals surface area contributed by atoms with E-state index in [9.17, 15) is 9.50 Å². The van der Waals surface area contributed by atoms with Crippen LogP contribution in [0.4, 0.5) is 4.39 Å². The standard InChI is InChI=1S/C16H21FN2OS/c1-10-11(2)21-15(19-10)16(3,4)18-9-14(20)12-7-5-6-8-13(12)17/h5-8,14,18,20H,9H2,1-4H3. The quantitative estimate of drug-likeness (QED) is 0.889. The predicted molar refractivity (Wildman–Crippen MR) is 84.0 cm³/mol. The van der Waals surface area contributed by atoms with Gasteiger partial charge in [-0.15, -0.1) is 11.3 Å². The Kier molecular flexibility index (Phi) is 4.76. The Balaban J connectivity index is 2.06. The van der Waals surface area contributed by atoms with E-state index >= 15 is 0 Å². The molecule has 1 unspecified atom stereocenters. The van der Waals surface area contributed by atoms with Crippen molar-refractivity contribution < 1.29 is 9.50 Å². The SMILES string of the molecule is Cc1nc(C(C)(C)NCC(O)c2ccccc2F)sc1C. The van der Waals surface area contributed by atoms with Gasteiger partial charge in [-0.25, -0.2) is 9.37 Å². The van der Waals surface area contributed by atoms with Crippen LogP contribution in [0.5, 0.6) is 0 Å². The molecular weight excluding hydrogens is 287 g/mol. The third-order valence-electron chi connectivity index (χ3n) is 3.56. The second kappa shape index (κ2) is 6.22. The van der Waals surface area contributed by atoms with Gasteiger partial charge in [-0.1, -0.05) is 18.2 Å². The summed E-state index contributed by atoms with van der Waals surface area (Å²) in [6.07, 6.45) is -0.882. The summed E-state index contributed by atoms with van der Waals surface area (Å²) in [5.74, 6) is -0.384. The summed E-state index contributed by atoms with van der Waals surface area (Å²) in [6, 6.07) is 6.30. The van der Waals surface area contributed by atoms with Crippen LogP contribution in [0.15, 0.2) is 24.3 Å². The van der Waals surface area contributed by atoms with Crippen molar-refractivity contribution in [2.24, 2.45) is 0 Å². The van der Waals surface area contributed by atoms with Crippen LogP contribution in [-0.4, -0.2) is 16.6 Å². The van der Waals surface area contributed by atoms with Gasteiger partial charge in [-0.05, 0) is 33.8 Å². The number of rotatable bonds is 5. The Bertz CT molecular complexity index is 605. The molecule has 2 aromatic rings. The highest BCUT2D eigenvalue weighted by atomic mass is 32.1. The number of benzene rings is 1. The summed E-state index contributed by atoms with van der Waals surface area (Å²) >= 11 is 1.64. The molecule has 0 bridgehead atoms. The lowest BCUT2D eigenvalue weighted by atomic mass is 10.0. The van der Waals surface area contributed by atoms with Gasteiger partial charge in [0.05, 0.1) is 17.3 Å². The van der Waals surface area contributed by atoms with Crippen LogP contribution in [0.3, 0.4) is 0 Å². The summed E-state index contributed by atoms with van der Waals surface area (Å²) in [7, 11) is 0. The van der Waals surface area contributed by atoms with E-state index in [4.69, 9.17) is 0 Å². The van der Waals surface area contributed by atoms with Crippen molar-refractivity contribution in [2.75, 3.05) is 6.54 Å². The summed E-state index contributed by atoms with van der Waals surface area (Å²) < 4.78 is 13.6. The van der Waals surface area contributed by atoms with Gasteiger partial charge >= 0.3 is 0 Å². The Hall–Kier alpha value is -1.30. The molecule has 0 amide bonds. The molecule has 21 heavy (non-hydrogen) atoms. The molecule has 114 valence electrons. The van der Waals surface area contributed by atoms with Gasteiger partial charge in [0.1, 0.15) is 10.8 Å². The molecule has 1 heterocycles. The number of nitrogens with zero attached hydrogens (tertiary/aromatic N) is 1. The number of aliphatic hydroxyl groups excluding tert-OH is 1. The average Bonchev–Trinajstić information content (AvgIpc) is 2.77. The number of aryl methyl sites for hydroxylation is 2. The zero-order valence-corrected chi connectivity index (χ0v) is 13.6. The maximum absolute atomic E-state index is 13.6. The topological polar surface area (TPSA) is 45.2 Å². The molecular formula is C16H21FN2OS. The van der Waals surface area contributed by atoms with Gasteiger partial charge in [0.15, 0.2) is 0 Å². The molecule has 5 heteroatoms. The van der Waals surface area contributed by atoms with Crippen LogP contribution >= 0.6 is 11.3 Å². The first-order valence-corrected chi connectivity index (χ1v) is 7.75. The number of halogens is 1. The van der Waals surface area contributed by atoms with Gasteiger partial charge < -0.3 is 10.4 Å². The zero-order chi connectivity index (χ0) is 15.6. The molecule has 3 nitrogen and oxygen atoms in total. The molecule has 0 saturated carbocycles. The molecule has 1 atom stereocenters. The summed E-state index contributed by atoms with van der Waals surface area (Å²) in [5, 5.41) is 14.4. The molecule has 1 aromatic heterocycles. The van der Waals surface area contributed by atoms with Crippen molar-refractivity contribution in [3.63, 3.8) is 0 Å². The maximum Gasteiger partial charge on any atom is 0.129 e. The van der Waals surface area contributed by atoms with E-state index in [2.05, 4.69) is 10.3 Å². The molecule has 2 N–H and O–H groups in total. The van der Waals surface area contributed by atoms with Gasteiger partial charge in [-0.2, -0.15) is 0 Å². The van der Waals surface area contributed by atoms with E-state index in [1.807, 2.05) is 27.7 Å². The van der Waals surface area contributed by atoms with E-state index in [0.717, 1.165) is 10.7 Å². The Labute approximate surface area is 128 Å². The normalized spacial score (nSPS) is 13.4. The monoisotopic (exact) mass is 308 g/mol. The van der Waals surface area contributed by atoms with Crippen LogP contribution in [0.1, 0.15) is 41.1 Å². The van der Waals surface area contributed by atoms with Crippen molar-refractivity contribution in [1.29, 1.82) is 0 Å². The largest absolute Gasteiger partial charge is 0.387 e.